The number of hydrogen-bond donors (Lipinski definition) is 0. The second kappa shape index (κ2) is 12.3. The van der Waals surface area contributed by atoms with E-state index in [4.69, 9.17) is 24.4 Å². The van der Waals surface area contributed by atoms with E-state index in [-0.39, 0.29) is 0 Å². The molecule has 0 saturated carbocycles. The lowest BCUT2D eigenvalue weighted by atomic mass is 10.0. The summed E-state index contributed by atoms with van der Waals surface area (Å²) in [6, 6.07) is 63.2. The van der Waals surface area contributed by atoms with Gasteiger partial charge in [0.15, 0.2) is 17.2 Å². The molecule has 0 fully saturated rings. The van der Waals surface area contributed by atoms with E-state index in [1.165, 1.54) is 0 Å². The normalized spacial score (nSPS) is 11.9. The third-order valence-electron chi connectivity index (χ3n) is 11.0. The molecule has 0 spiro atoms. The van der Waals surface area contributed by atoms with Crippen LogP contribution in [0.2, 0.25) is 0 Å². The highest BCUT2D eigenvalue weighted by molar-refractivity contribution is 6.23. The second-order valence-electron chi connectivity index (χ2n) is 14.3. The van der Waals surface area contributed by atoms with E-state index in [1.54, 1.807) is 0 Å². The highest BCUT2D eigenvalue weighted by Crippen LogP contribution is 2.42. The molecule has 0 N–H and O–H groups in total. The van der Waals surface area contributed by atoms with Crippen LogP contribution in [0.3, 0.4) is 0 Å². The molecule has 0 aliphatic rings. The zero-order valence-corrected chi connectivity index (χ0v) is 30.4. The summed E-state index contributed by atoms with van der Waals surface area (Å²) in [5.74, 6) is 1.69. The number of oxazole rings is 1. The lowest BCUT2D eigenvalue weighted by Gasteiger charge is -2.12. The number of nitrogens with zero attached hydrogens (tertiary/aromatic N) is 6. The minimum absolute atomic E-state index is 0.496. The third kappa shape index (κ3) is 4.86. The van der Waals surface area contributed by atoms with Crippen molar-refractivity contribution in [2.45, 2.75) is 0 Å². The summed E-state index contributed by atoms with van der Waals surface area (Å²) < 4.78 is 11.2. The van der Waals surface area contributed by atoms with Gasteiger partial charge in [-0.05, 0) is 40.8 Å². The van der Waals surface area contributed by atoms with Crippen LogP contribution < -0.4 is 0 Å². The Kier molecular flexibility index (Phi) is 6.79. The minimum atomic E-state index is 0.496. The zero-order chi connectivity index (χ0) is 37.5. The summed E-state index contributed by atoms with van der Waals surface area (Å²) in [7, 11) is 0. The van der Waals surface area contributed by atoms with Crippen LogP contribution in [0, 0.1) is 0 Å². The molecule has 4 aromatic heterocycles. The fraction of sp³-hybridized carbons (Fsp3) is 0. The summed E-state index contributed by atoms with van der Waals surface area (Å²) in [5, 5.41) is 6.45. The molecule has 0 atom stereocenters. The van der Waals surface area contributed by atoms with E-state index < -0.39 is 0 Å². The molecule has 0 unspecified atom stereocenters. The molecule has 8 aromatic carbocycles. The van der Waals surface area contributed by atoms with Crippen LogP contribution in [0.1, 0.15) is 0 Å². The lowest BCUT2D eigenvalue weighted by molar-refractivity contribution is 0.577. The number of hydrogen-bond acceptors (Lipinski definition) is 5. The van der Waals surface area contributed by atoms with Crippen LogP contribution in [0.4, 0.5) is 0 Å². The van der Waals surface area contributed by atoms with E-state index in [0.29, 0.717) is 23.6 Å². The molecule has 0 saturated heterocycles. The maximum absolute atomic E-state index is 6.81. The average molecular weight is 731 g/mol. The van der Waals surface area contributed by atoms with Crippen molar-refractivity contribution in [2.75, 3.05) is 0 Å². The SMILES string of the molecule is c1ccc(-c2cccc(-c3nc(-c4ccccc4)nc(-n4c5ccccc5c5ccc6c7ccccc7n(-c7nc8ccc9ccccc9c8o7)c6c54)n3)c2)cc1. The van der Waals surface area contributed by atoms with E-state index >= 15 is 0 Å². The van der Waals surface area contributed by atoms with Crippen LogP contribution in [-0.2, 0) is 0 Å². The van der Waals surface area contributed by atoms with Crippen LogP contribution in [0.25, 0.3) is 111 Å². The Balaban J connectivity index is 1.20. The molecule has 7 nitrogen and oxygen atoms in total. The Labute approximate surface area is 325 Å². The first-order chi connectivity index (χ1) is 28.3. The summed E-state index contributed by atoms with van der Waals surface area (Å²) in [5.41, 5.74) is 9.45. The number of rotatable bonds is 5. The van der Waals surface area contributed by atoms with E-state index in [0.717, 1.165) is 87.7 Å². The molecular formula is C50H30N6O. The van der Waals surface area contributed by atoms with E-state index in [1.807, 2.05) is 54.6 Å². The van der Waals surface area contributed by atoms with Crippen LogP contribution in [0.5, 0.6) is 0 Å². The molecule has 0 aliphatic carbocycles. The largest absolute Gasteiger partial charge is 0.422 e. The number of fused-ring (bicyclic) bond motifs is 10. The third-order valence-corrected chi connectivity index (χ3v) is 11.0. The van der Waals surface area contributed by atoms with Crippen molar-refractivity contribution in [3.8, 4) is 45.9 Å². The highest BCUT2D eigenvalue weighted by atomic mass is 16.4. The summed E-state index contributed by atoms with van der Waals surface area (Å²) in [4.78, 5) is 20.9. The quantitative estimate of drug-likeness (QED) is 0.176. The van der Waals surface area contributed by atoms with Crippen molar-refractivity contribution in [2.24, 2.45) is 0 Å². The van der Waals surface area contributed by atoms with Gasteiger partial charge in [0.05, 0.1) is 22.1 Å². The Morgan fingerprint density at radius 1 is 0.368 bits per heavy atom. The fourth-order valence-electron chi connectivity index (χ4n) is 8.43. The predicted octanol–water partition coefficient (Wildman–Crippen LogP) is 12.4. The maximum Gasteiger partial charge on any atom is 0.307 e. The fourth-order valence-corrected chi connectivity index (χ4v) is 8.43. The van der Waals surface area contributed by atoms with E-state index in [2.05, 4.69) is 137 Å². The van der Waals surface area contributed by atoms with Gasteiger partial charge < -0.3 is 4.42 Å². The van der Waals surface area contributed by atoms with Crippen molar-refractivity contribution in [1.29, 1.82) is 0 Å². The number of benzene rings is 8. The molecule has 0 bridgehead atoms. The van der Waals surface area contributed by atoms with Crippen molar-refractivity contribution in [3.63, 3.8) is 0 Å². The van der Waals surface area contributed by atoms with Gasteiger partial charge >= 0.3 is 6.01 Å². The first-order valence-corrected chi connectivity index (χ1v) is 19.0. The van der Waals surface area contributed by atoms with Gasteiger partial charge in [0, 0.05) is 38.1 Å². The monoisotopic (exact) mass is 730 g/mol. The first-order valence-electron chi connectivity index (χ1n) is 19.0. The van der Waals surface area contributed by atoms with Crippen LogP contribution >= 0.6 is 0 Å². The molecule has 0 radical (unpaired) electrons. The number of aromatic nitrogens is 6. The van der Waals surface area contributed by atoms with Gasteiger partial charge in [-0.15, -0.1) is 0 Å². The molecule has 4 heterocycles. The lowest BCUT2D eigenvalue weighted by Crippen LogP contribution is -2.07. The van der Waals surface area contributed by atoms with Crippen molar-refractivity contribution in [3.05, 3.63) is 182 Å². The first kappa shape index (κ1) is 31.5. The molecule has 12 rings (SSSR count). The summed E-state index contributed by atoms with van der Waals surface area (Å²) in [6.07, 6.45) is 0. The molecule has 12 aromatic rings. The molecule has 57 heavy (non-hydrogen) atoms. The Bertz CT molecular complexity index is 3530. The van der Waals surface area contributed by atoms with Crippen molar-refractivity contribution < 1.29 is 4.42 Å². The minimum Gasteiger partial charge on any atom is -0.422 e. The van der Waals surface area contributed by atoms with Crippen molar-refractivity contribution in [1.82, 2.24) is 29.1 Å². The van der Waals surface area contributed by atoms with Gasteiger partial charge in [0.25, 0.3) is 0 Å². The summed E-state index contributed by atoms with van der Waals surface area (Å²) in [6.45, 7) is 0. The van der Waals surface area contributed by atoms with Gasteiger partial charge in [-0.25, -0.2) is 4.98 Å². The highest BCUT2D eigenvalue weighted by Gasteiger charge is 2.25. The molecule has 266 valence electrons. The van der Waals surface area contributed by atoms with Crippen LogP contribution in [0.15, 0.2) is 186 Å². The molecule has 0 aliphatic heterocycles. The van der Waals surface area contributed by atoms with Gasteiger partial charge in [-0.3, -0.25) is 9.13 Å². The zero-order valence-electron chi connectivity index (χ0n) is 30.4. The van der Waals surface area contributed by atoms with Gasteiger partial charge in [0.2, 0.25) is 5.95 Å². The average Bonchev–Trinajstić information content (AvgIpc) is 3.97. The Morgan fingerprint density at radius 2 is 0.930 bits per heavy atom. The summed E-state index contributed by atoms with van der Waals surface area (Å²) >= 11 is 0. The topological polar surface area (TPSA) is 74.6 Å². The second-order valence-corrected chi connectivity index (χ2v) is 14.3. The Morgan fingerprint density at radius 3 is 1.67 bits per heavy atom. The van der Waals surface area contributed by atoms with Crippen LogP contribution in [-0.4, -0.2) is 29.1 Å². The number of para-hydroxylation sites is 2. The molecule has 7 heteroatoms. The van der Waals surface area contributed by atoms with Gasteiger partial charge in [-0.1, -0.05) is 158 Å². The Hall–Kier alpha value is -7.90. The molecular weight excluding hydrogens is 701 g/mol. The van der Waals surface area contributed by atoms with Crippen molar-refractivity contribution >= 4 is 65.5 Å². The molecule has 0 amide bonds. The van der Waals surface area contributed by atoms with E-state index in [9.17, 15) is 0 Å². The van der Waals surface area contributed by atoms with Gasteiger partial charge in [-0.2, -0.15) is 15.0 Å². The predicted molar refractivity (Wildman–Crippen MR) is 230 cm³/mol. The van der Waals surface area contributed by atoms with Gasteiger partial charge in [0.1, 0.15) is 5.52 Å². The standard InChI is InChI=1S/C50H30N6O/c1-3-14-31(15-4-1)34-19-13-20-35(30-34)48-52-47(33-17-5-2-6-18-33)53-49(54-48)55-42-24-11-9-22-37(42)39-27-28-40-38-23-10-12-25-43(38)56(45(40)44(39)55)50-51-41-29-26-32-16-7-8-21-36(32)46(41)57-50/h1-30H. The smallest absolute Gasteiger partial charge is 0.307 e. The maximum atomic E-state index is 6.81.